The molecule has 114 valence electrons. The molecule has 0 radical (unpaired) electrons. The normalized spacial score (nSPS) is 10.9. The van der Waals surface area contributed by atoms with Crippen LogP contribution in [0.2, 0.25) is 0 Å². The van der Waals surface area contributed by atoms with Crippen molar-refractivity contribution in [3.8, 4) is 11.5 Å². The summed E-state index contributed by atoms with van der Waals surface area (Å²) in [5, 5.41) is 0.898. The van der Waals surface area contributed by atoms with E-state index in [0.29, 0.717) is 18.7 Å². The Morgan fingerprint density at radius 2 is 1.77 bits per heavy atom. The summed E-state index contributed by atoms with van der Waals surface area (Å²) in [6, 6.07) is 14.5. The summed E-state index contributed by atoms with van der Waals surface area (Å²) in [6.07, 6.45) is 0. The molecule has 3 rings (SSSR count). The predicted molar refractivity (Wildman–Crippen MR) is 84.9 cm³/mol. The molecule has 3 nitrogen and oxygen atoms in total. The number of aryl methyl sites for hydroxylation is 1. The van der Waals surface area contributed by atoms with Crippen LogP contribution in [0.3, 0.4) is 0 Å². The minimum Gasteiger partial charge on any atom is -0.497 e. The number of halogens is 1. The molecule has 0 aliphatic heterocycles. The molecule has 1 aromatic heterocycles. The van der Waals surface area contributed by atoms with Gasteiger partial charge >= 0.3 is 0 Å². The fourth-order valence-corrected chi connectivity index (χ4v) is 2.64. The SMILES string of the molecule is CCn1c(COc2ccc(OC)cc2)cc2cccc(F)c21. The molecule has 0 amide bonds. The Hall–Kier alpha value is -2.49. The Labute approximate surface area is 128 Å². The summed E-state index contributed by atoms with van der Waals surface area (Å²) in [7, 11) is 1.63. The first-order valence-corrected chi connectivity index (χ1v) is 7.26. The Balaban J connectivity index is 1.85. The van der Waals surface area contributed by atoms with Gasteiger partial charge in [-0.25, -0.2) is 4.39 Å². The summed E-state index contributed by atoms with van der Waals surface area (Å²) in [5.41, 5.74) is 1.59. The maximum atomic E-state index is 14.0. The third-order valence-corrected chi connectivity index (χ3v) is 3.72. The lowest BCUT2D eigenvalue weighted by molar-refractivity contribution is 0.295. The number of ether oxygens (including phenoxy) is 2. The van der Waals surface area contributed by atoms with Crippen LogP contribution in [0.25, 0.3) is 10.9 Å². The molecule has 0 saturated heterocycles. The lowest BCUT2D eigenvalue weighted by Gasteiger charge is -2.10. The highest BCUT2D eigenvalue weighted by Crippen LogP contribution is 2.24. The minimum absolute atomic E-state index is 0.199. The highest BCUT2D eigenvalue weighted by Gasteiger charge is 2.11. The summed E-state index contributed by atoms with van der Waals surface area (Å²) in [4.78, 5) is 0. The zero-order chi connectivity index (χ0) is 15.5. The standard InChI is InChI=1S/C18H18FNO2/c1-3-20-14(11-13-5-4-6-17(19)18(13)20)12-22-16-9-7-15(21-2)8-10-16/h4-11H,3,12H2,1-2H3. The van der Waals surface area contributed by atoms with Gasteiger partial charge in [0.15, 0.2) is 0 Å². The lowest BCUT2D eigenvalue weighted by atomic mass is 10.2. The summed E-state index contributed by atoms with van der Waals surface area (Å²) in [6.45, 7) is 3.10. The topological polar surface area (TPSA) is 23.4 Å². The first-order valence-electron chi connectivity index (χ1n) is 7.26. The maximum absolute atomic E-state index is 14.0. The van der Waals surface area contributed by atoms with Crippen LogP contribution in [-0.2, 0) is 13.2 Å². The van der Waals surface area contributed by atoms with Gasteiger partial charge in [0.05, 0.1) is 18.3 Å². The average molecular weight is 299 g/mol. The first-order chi connectivity index (χ1) is 10.7. The van der Waals surface area contributed by atoms with Crippen molar-refractivity contribution < 1.29 is 13.9 Å². The molecule has 0 spiro atoms. The Morgan fingerprint density at radius 3 is 2.45 bits per heavy atom. The zero-order valence-electron chi connectivity index (χ0n) is 12.7. The van der Waals surface area contributed by atoms with E-state index in [0.717, 1.165) is 22.6 Å². The Bertz CT molecular complexity index is 778. The van der Waals surface area contributed by atoms with Crippen LogP contribution in [0.5, 0.6) is 11.5 Å². The predicted octanol–water partition coefficient (Wildman–Crippen LogP) is 4.39. The van der Waals surface area contributed by atoms with Crippen LogP contribution in [-0.4, -0.2) is 11.7 Å². The lowest BCUT2D eigenvalue weighted by Crippen LogP contribution is -2.05. The molecular weight excluding hydrogens is 281 g/mol. The van der Waals surface area contributed by atoms with Crippen LogP contribution in [0.1, 0.15) is 12.6 Å². The van der Waals surface area contributed by atoms with Crippen LogP contribution in [0.4, 0.5) is 4.39 Å². The molecule has 0 bridgehead atoms. The number of hydrogen-bond acceptors (Lipinski definition) is 2. The fourth-order valence-electron chi connectivity index (χ4n) is 2.64. The summed E-state index contributed by atoms with van der Waals surface area (Å²) >= 11 is 0. The first kappa shape index (κ1) is 14.4. The molecule has 0 fully saturated rings. The van der Waals surface area contributed by atoms with Gasteiger partial charge in [-0.1, -0.05) is 12.1 Å². The third-order valence-electron chi connectivity index (χ3n) is 3.72. The highest BCUT2D eigenvalue weighted by atomic mass is 19.1. The van der Waals surface area contributed by atoms with E-state index in [4.69, 9.17) is 9.47 Å². The van der Waals surface area contributed by atoms with Gasteiger partial charge in [0.25, 0.3) is 0 Å². The van der Waals surface area contributed by atoms with E-state index >= 15 is 0 Å². The van der Waals surface area contributed by atoms with Gasteiger partial charge in [0.1, 0.15) is 23.9 Å². The van der Waals surface area contributed by atoms with Gasteiger partial charge in [-0.15, -0.1) is 0 Å². The molecule has 1 heterocycles. The van der Waals surface area contributed by atoms with Crippen molar-refractivity contribution in [3.05, 3.63) is 60.0 Å². The van der Waals surface area contributed by atoms with Crippen molar-refractivity contribution in [2.75, 3.05) is 7.11 Å². The van der Waals surface area contributed by atoms with Crippen molar-refractivity contribution in [3.63, 3.8) is 0 Å². The van der Waals surface area contributed by atoms with E-state index in [1.165, 1.54) is 6.07 Å². The number of para-hydroxylation sites is 1. The largest absolute Gasteiger partial charge is 0.497 e. The van der Waals surface area contributed by atoms with Gasteiger partial charge < -0.3 is 14.0 Å². The van der Waals surface area contributed by atoms with Crippen LogP contribution < -0.4 is 9.47 Å². The van der Waals surface area contributed by atoms with E-state index in [1.807, 2.05) is 47.9 Å². The van der Waals surface area contributed by atoms with E-state index < -0.39 is 0 Å². The maximum Gasteiger partial charge on any atom is 0.147 e. The van der Waals surface area contributed by atoms with E-state index in [1.54, 1.807) is 13.2 Å². The number of hydrogen-bond donors (Lipinski definition) is 0. The second-order valence-corrected chi connectivity index (χ2v) is 5.02. The van der Waals surface area contributed by atoms with Crippen LogP contribution in [0.15, 0.2) is 48.5 Å². The fraction of sp³-hybridized carbons (Fsp3) is 0.222. The van der Waals surface area contributed by atoms with Gasteiger partial charge in [0.2, 0.25) is 0 Å². The van der Waals surface area contributed by atoms with Crippen molar-refractivity contribution in [1.82, 2.24) is 4.57 Å². The summed E-state index contributed by atoms with van der Waals surface area (Å²) in [5.74, 6) is 1.35. The van der Waals surface area contributed by atoms with Gasteiger partial charge in [-0.05, 0) is 43.3 Å². The molecule has 2 aromatic carbocycles. The second-order valence-electron chi connectivity index (χ2n) is 5.02. The van der Waals surface area contributed by atoms with Gasteiger partial charge in [-0.2, -0.15) is 0 Å². The Morgan fingerprint density at radius 1 is 1.05 bits per heavy atom. The molecule has 0 atom stereocenters. The number of aromatic nitrogens is 1. The molecule has 0 N–H and O–H groups in total. The van der Waals surface area contributed by atoms with E-state index in [2.05, 4.69) is 0 Å². The molecule has 0 aliphatic rings. The number of nitrogens with zero attached hydrogens (tertiary/aromatic N) is 1. The van der Waals surface area contributed by atoms with Gasteiger partial charge in [0, 0.05) is 11.9 Å². The molecule has 0 unspecified atom stereocenters. The van der Waals surface area contributed by atoms with Gasteiger partial charge in [-0.3, -0.25) is 0 Å². The minimum atomic E-state index is -0.199. The Kier molecular flexibility index (Phi) is 4.00. The van der Waals surface area contributed by atoms with Crippen molar-refractivity contribution in [2.45, 2.75) is 20.1 Å². The molecule has 3 aromatic rings. The van der Waals surface area contributed by atoms with Crippen LogP contribution >= 0.6 is 0 Å². The number of rotatable bonds is 5. The molecule has 0 aliphatic carbocycles. The smallest absolute Gasteiger partial charge is 0.147 e. The van der Waals surface area contributed by atoms with E-state index in [9.17, 15) is 4.39 Å². The molecule has 4 heteroatoms. The second kappa shape index (κ2) is 6.10. The van der Waals surface area contributed by atoms with E-state index in [-0.39, 0.29) is 5.82 Å². The number of fused-ring (bicyclic) bond motifs is 1. The van der Waals surface area contributed by atoms with Crippen molar-refractivity contribution in [1.29, 1.82) is 0 Å². The molecule has 22 heavy (non-hydrogen) atoms. The zero-order valence-corrected chi connectivity index (χ0v) is 12.7. The van der Waals surface area contributed by atoms with Crippen molar-refractivity contribution in [2.24, 2.45) is 0 Å². The highest BCUT2D eigenvalue weighted by molar-refractivity contribution is 5.81. The molecule has 0 saturated carbocycles. The monoisotopic (exact) mass is 299 g/mol. The quantitative estimate of drug-likeness (QED) is 0.697. The summed E-state index contributed by atoms with van der Waals surface area (Å²) < 4.78 is 26.9. The van der Waals surface area contributed by atoms with Crippen LogP contribution in [0, 0.1) is 5.82 Å². The average Bonchev–Trinajstić information content (AvgIpc) is 2.92. The number of benzene rings is 2. The van der Waals surface area contributed by atoms with Crippen molar-refractivity contribution >= 4 is 10.9 Å². The third kappa shape index (κ3) is 2.64. The molecular formula is C18H18FNO2. The number of methoxy groups -OCH3 is 1.